The van der Waals surface area contributed by atoms with Gasteiger partial charge in [0.05, 0.1) is 5.56 Å². The smallest absolute Gasteiger partial charge is 0.416 e. The Morgan fingerprint density at radius 1 is 1.06 bits per heavy atom. The summed E-state index contributed by atoms with van der Waals surface area (Å²) >= 11 is 0. The highest BCUT2D eigenvalue weighted by Crippen LogP contribution is 2.29. The molecule has 0 fully saturated rings. The Morgan fingerprint density at radius 2 is 1.67 bits per heavy atom. The zero-order valence-electron chi connectivity index (χ0n) is 8.98. The van der Waals surface area contributed by atoms with Crippen LogP contribution in [-0.4, -0.2) is 9.67 Å². The van der Waals surface area contributed by atoms with Crippen molar-refractivity contribution in [3.8, 4) is 11.4 Å². The maximum Gasteiger partial charge on any atom is 0.416 e. The van der Waals surface area contributed by atoms with E-state index in [1.165, 1.54) is 24.4 Å². The largest absolute Gasteiger partial charge is 0.508 e. The molecule has 0 bridgehead atoms. The molecule has 1 aromatic heterocycles. The average molecular weight is 255 g/mol. The molecule has 0 aliphatic heterocycles. The standard InChI is InChI=1S/C12H8F3NO2/c13-12(14,15)8-1-3-9(4-2-8)16-6-5-10(17)7-11(16)18/h1-7,17H. The van der Waals surface area contributed by atoms with Gasteiger partial charge in [-0.15, -0.1) is 0 Å². The molecule has 1 N–H and O–H groups in total. The molecule has 2 rings (SSSR count). The first-order chi connectivity index (χ1) is 8.38. The summed E-state index contributed by atoms with van der Waals surface area (Å²) in [6.07, 6.45) is -3.11. The SMILES string of the molecule is O=c1cc(O)ccn1-c1ccc(C(F)(F)F)cc1. The first-order valence-corrected chi connectivity index (χ1v) is 4.97. The van der Waals surface area contributed by atoms with Gasteiger partial charge in [0.2, 0.25) is 0 Å². The predicted molar refractivity (Wildman–Crippen MR) is 58.7 cm³/mol. The van der Waals surface area contributed by atoms with E-state index in [9.17, 15) is 18.0 Å². The molecule has 0 amide bonds. The lowest BCUT2D eigenvalue weighted by Gasteiger charge is -2.09. The lowest BCUT2D eigenvalue weighted by molar-refractivity contribution is -0.137. The fourth-order valence-electron chi connectivity index (χ4n) is 1.49. The molecule has 6 heteroatoms. The minimum absolute atomic E-state index is 0.192. The van der Waals surface area contributed by atoms with Crippen LogP contribution in [0.2, 0.25) is 0 Å². The molecule has 0 unspecified atom stereocenters. The van der Waals surface area contributed by atoms with Gasteiger partial charge in [0.1, 0.15) is 5.75 Å². The minimum atomic E-state index is -4.40. The third kappa shape index (κ3) is 2.37. The normalized spacial score (nSPS) is 11.5. The van der Waals surface area contributed by atoms with E-state index in [-0.39, 0.29) is 5.75 Å². The molecular formula is C12H8F3NO2. The van der Waals surface area contributed by atoms with Crippen LogP contribution in [0.3, 0.4) is 0 Å². The van der Waals surface area contributed by atoms with Gasteiger partial charge in [0.25, 0.3) is 5.56 Å². The van der Waals surface area contributed by atoms with Crippen molar-refractivity contribution in [3.05, 3.63) is 58.5 Å². The molecule has 0 aliphatic carbocycles. The molecule has 94 valence electrons. The van der Waals surface area contributed by atoms with Crippen LogP contribution >= 0.6 is 0 Å². The molecule has 0 spiro atoms. The molecule has 0 saturated carbocycles. The fraction of sp³-hybridized carbons (Fsp3) is 0.0833. The molecule has 1 aromatic carbocycles. The van der Waals surface area contributed by atoms with E-state index in [2.05, 4.69) is 0 Å². The maximum atomic E-state index is 12.4. The first kappa shape index (κ1) is 12.2. The van der Waals surface area contributed by atoms with E-state index < -0.39 is 17.3 Å². The third-order valence-electron chi connectivity index (χ3n) is 2.38. The van der Waals surface area contributed by atoms with Crippen molar-refractivity contribution in [2.24, 2.45) is 0 Å². The van der Waals surface area contributed by atoms with Crippen LogP contribution in [0.4, 0.5) is 13.2 Å². The number of aromatic hydroxyl groups is 1. The van der Waals surface area contributed by atoms with Crippen molar-refractivity contribution in [1.82, 2.24) is 4.57 Å². The number of hydrogen-bond acceptors (Lipinski definition) is 2. The van der Waals surface area contributed by atoms with Crippen LogP contribution in [0.25, 0.3) is 5.69 Å². The number of aromatic nitrogens is 1. The second kappa shape index (κ2) is 4.21. The number of alkyl halides is 3. The van der Waals surface area contributed by atoms with Crippen LogP contribution in [-0.2, 0) is 6.18 Å². The highest BCUT2D eigenvalue weighted by atomic mass is 19.4. The topological polar surface area (TPSA) is 42.2 Å². The molecule has 0 radical (unpaired) electrons. The Labute approximate surface area is 99.7 Å². The number of nitrogens with zero attached hydrogens (tertiary/aromatic N) is 1. The van der Waals surface area contributed by atoms with Gasteiger partial charge in [0, 0.05) is 18.0 Å². The molecule has 3 nitrogen and oxygen atoms in total. The van der Waals surface area contributed by atoms with Crippen molar-refractivity contribution in [2.75, 3.05) is 0 Å². The van der Waals surface area contributed by atoms with Gasteiger partial charge >= 0.3 is 6.18 Å². The summed E-state index contributed by atoms with van der Waals surface area (Å²) in [7, 11) is 0. The lowest BCUT2D eigenvalue weighted by atomic mass is 10.2. The molecule has 0 atom stereocenters. The Balaban J connectivity index is 2.44. The number of rotatable bonds is 1. The van der Waals surface area contributed by atoms with Crippen molar-refractivity contribution < 1.29 is 18.3 Å². The summed E-state index contributed by atoms with van der Waals surface area (Å²) < 4.78 is 38.2. The van der Waals surface area contributed by atoms with E-state index in [1.807, 2.05) is 0 Å². The Morgan fingerprint density at radius 3 is 2.17 bits per heavy atom. The molecule has 1 heterocycles. The highest BCUT2D eigenvalue weighted by molar-refractivity contribution is 5.36. The van der Waals surface area contributed by atoms with Crippen molar-refractivity contribution in [3.63, 3.8) is 0 Å². The summed E-state index contributed by atoms with van der Waals surface area (Å²) in [5.41, 5.74) is -0.999. The summed E-state index contributed by atoms with van der Waals surface area (Å²) in [5.74, 6) is -0.192. The number of pyridine rings is 1. The molecule has 0 aliphatic rings. The summed E-state index contributed by atoms with van der Waals surface area (Å²) in [5, 5.41) is 9.07. The van der Waals surface area contributed by atoms with E-state index in [0.717, 1.165) is 22.8 Å². The number of benzene rings is 1. The van der Waals surface area contributed by atoms with Gasteiger partial charge in [-0.2, -0.15) is 13.2 Å². The zero-order chi connectivity index (χ0) is 13.3. The summed E-state index contributed by atoms with van der Waals surface area (Å²) in [6.45, 7) is 0. The van der Waals surface area contributed by atoms with Crippen LogP contribution in [0.1, 0.15) is 5.56 Å². The third-order valence-corrected chi connectivity index (χ3v) is 2.38. The van der Waals surface area contributed by atoms with Gasteiger partial charge in [-0.3, -0.25) is 9.36 Å². The van der Waals surface area contributed by atoms with Crippen LogP contribution in [0.5, 0.6) is 5.75 Å². The molecule has 0 saturated heterocycles. The van der Waals surface area contributed by atoms with Crippen molar-refractivity contribution >= 4 is 0 Å². The van der Waals surface area contributed by atoms with Gasteiger partial charge < -0.3 is 5.11 Å². The van der Waals surface area contributed by atoms with Gasteiger partial charge in [-0.25, -0.2) is 0 Å². The number of halogens is 3. The highest BCUT2D eigenvalue weighted by Gasteiger charge is 2.29. The Hall–Kier alpha value is -2.24. The van der Waals surface area contributed by atoms with E-state index in [1.54, 1.807) is 0 Å². The first-order valence-electron chi connectivity index (χ1n) is 4.97. The van der Waals surface area contributed by atoms with Crippen LogP contribution in [0, 0.1) is 0 Å². The van der Waals surface area contributed by atoms with E-state index in [0.29, 0.717) is 5.69 Å². The minimum Gasteiger partial charge on any atom is -0.508 e. The number of hydrogen-bond donors (Lipinski definition) is 1. The lowest BCUT2D eigenvalue weighted by Crippen LogP contribution is -2.16. The van der Waals surface area contributed by atoms with E-state index >= 15 is 0 Å². The monoisotopic (exact) mass is 255 g/mol. The predicted octanol–water partition coefficient (Wildman–Crippen LogP) is 2.56. The van der Waals surface area contributed by atoms with Crippen LogP contribution in [0.15, 0.2) is 47.4 Å². The summed E-state index contributed by atoms with van der Waals surface area (Å²) in [6, 6.07) is 6.45. The molecule has 18 heavy (non-hydrogen) atoms. The second-order valence-electron chi connectivity index (χ2n) is 3.64. The quantitative estimate of drug-likeness (QED) is 0.850. The second-order valence-corrected chi connectivity index (χ2v) is 3.64. The zero-order valence-corrected chi connectivity index (χ0v) is 8.98. The van der Waals surface area contributed by atoms with Gasteiger partial charge in [-0.05, 0) is 30.3 Å². The van der Waals surface area contributed by atoms with Crippen LogP contribution < -0.4 is 5.56 Å². The maximum absolute atomic E-state index is 12.4. The van der Waals surface area contributed by atoms with Crippen molar-refractivity contribution in [1.29, 1.82) is 0 Å². The van der Waals surface area contributed by atoms with E-state index in [4.69, 9.17) is 5.11 Å². The Kier molecular flexibility index (Phi) is 2.86. The summed E-state index contributed by atoms with van der Waals surface area (Å²) in [4.78, 5) is 11.5. The van der Waals surface area contributed by atoms with Gasteiger partial charge in [-0.1, -0.05) is 0 Å². The molecule has 2 aromatic rings. The van der Waals surface area contributed by atoms with Crippen molar-refractivity contribution in [2.45, 2.75) is 6.18 Å². The van der Waals surface area contributed by atoms with Gasteiger partial charge in [0.15, 0.2) is 0 Å². The average Bonchev–Trinajstić information content (AvgIpc) is 2.28. The fourth-order valence-corrected chi connectivity index (χ4v) is 1.49. The Bertz CT molecular complexity index is 614. The molecular weight excluding hydrogens is 247 g/mol.